The van der Waals surface area contributed by atoms with Crippen molar-refractivity contribution in [2.75, 3.05) is 5.75 Å². The summed E-state index contributed by atoms with van der Waals surface area (Å²) in [6, 6.07) is 11.1. The van der Waals surface area contributed by atoms with E-state index in [9.17, 15) is 9.59 Å². The molecule has 134 valence electrons. The predicted octanol–water partition coefficient (Wildman–Crippen LogP) is 3.43. The van der Waals surface area contributed by atoms with Crippen LogP contribution in [0.25, 0.3) is 11.4 Å². The van der Waals surface area contributed by atoms with E-state index in [0.717, 1.165) is 11.1 Å². The Hall–Kier alpha value is -2.16. The quantitative estimate of drug-likeness (QED) is 0.479. The van der Waals surface area contributed by atoms with Crippen LogP contribution < -0.4 is 5.73 Å². The fourth-order valence-electron chi connectivity index (χ4n) is 2.36. The molecule has 0 aliphatic rings. The van der Waals surface area contributed by atoms with Crippen LogP contribution in [0.5, 0.6) is 0 Å². The molecule has 0 spiro atoms. The largest absolute Gasteiger partial charge is 0.368 e. The van der Waals surface area contributed by atoms with E-state index in [0.29, 0.717) is 20.2 Å². The van der Waals surface area contributed by atoms with Gasteiger partial charge in [0.2, 0.25) is 5.91 Å². The number of benzene rings is 1. The van der Waals surface area contributed by atoms with Crippen molar-refractivity contribution in [3.05, 3.63) is 51.2 Å². The van der Waals surface area contributed by atoms with Crippen LogP contribution in [-0.4, -0.2) is 32.2 Å². The molecule has 2 N–H and O–H groups in total. The van der Waals surface area contributed by atoms with E-state index in [1.807, 2.05) is 31.2 Å². The zero-order valence-electron chi connectivity index (χ0n) is 13.8. The number of halogens is 1. The molecule has 0 saturated carbocycles. The third-order valence-electron chi connectivity index (χ3n) is 3.49. The van der Waals surface area contributed by atoms with Crippen molar-refractivity contribution in [3.63, 3.8) is 0 Å². The Bertz CT molecular complexity index is 967. The summed E-state index contributed by atoms with van der Waals surface area (Å²) < 4.78 is 2.20. The molecule has 0 radical (unpaired) electrons. The zero-order valence-corrected chi connectivity index (χ0v) is 16.2. The van der Waals surface area contributed by atoms with E-state index in [4.69, 9.17) is 17.3 Å². The number of aromatic nitrogens is 3. The van der Waals surface area contributed by atoms with Gasteiger partial charge in [-0.05, 0) is 25.1 Å². The average Bonchev–Trinajstić information content (AvgIpc) is 3.19. The molecule has 3 aromatic rings. The summed E-state index contributed by atoms with van der Waals surface area (Å²) in [6.45, 7) is 1.91. The van der Waals surface area contributed by atoms with Crippen LogP contribution in [0.2, 0.25) is 4.34 Å². The molecule has 0 aliphatic carbocycles. The molecule has 0 unspecified atom stereocenters. The predicted molar refractivity (Wildman–Crippen MR) is 104 cm³/mol. The number of carbonyl (C=O) groups is 2. The lowest BCUT2D eigenvalue weighted by Crippen LogP contribution is -2.20. The summed E-state index contributed by atoms with van der Waals surface area (Å²) in [5, 5.41) is 8.80. The number of rotatable bonds is 7. The molecule has 0 atom stereocenters. The van der Waals surface area contributed by atoms with Gasteiger partial charge in [-0.15, -0.1) is 21.5 Å². The van der Waals surface area contributed by atoms with Crippen molar-refractivity contribution >= 4 is 46.4 Å². The Balaban J connectivity index is 1.85. The van der Waals surface area contributed by atoms with Gasteiger partial charge in [-0.3, -0.25) is 14.2 Å². The van der Waals surface area contributed by atoms with Crippen LogP contribution in [0, 0.1) is 6.92 Å². The van der Waals surface area contributed by atoms with Crippen LogP contribution >= 0.6 is 34.7 Å². The summed E-state index contributed by atoms with van der Waals surface area (Å²) in [4.78, 5) is 24.3. The number of thiophene rings is 1. The third-order valence-corrected chi connectivity index (χ3v) is 5.73. The second kappa shape index (κ2) is 8.03. The maximum Gasteiger partial charge on any atom is 0.237 e. The van der Waals surface area contributed by atoms with Gasteiger partial charge < -0.3 is 5.73 Å². The van der Waals surface area contributed by atoms with Gasteiger partial charge >= 0.3 is 0 Å². The zero-order chi connectivity index (χ0) is 18.7. The SMILES string of the molecule is Cc1cccc(-c2nnc(SCC(=O)c3ccc(Cl)s3)n2CC(N)=O)c1. The lowest BCUT2D eigenvalue weighted by atomic mass is 10.1. The molecule has 26 heavy (non-hydrogen) atoms. The van der Waals surface area contributed by atoms with Crippen molar-refractivity contribution in [3.8, 4) is 11.4 Å². The van der Waals surface area contributed by atoms with E-state index in [2.05, 4.69) is 10.2 Å². The van der Waals surface area contributed by atoms with Crippen molar-refractivity contribution in [2.45, 2.75) is 18.6 Å². The molecule has 1 amide bonds. The van der Waals surface area contributed by atoms with Gasteiger partial charge in [0.1, 0.15) is 6.54 Å². The summed E-state index contributed by atoms with van der Waals surface area (Å²) in [7, 11) is 0. The average molecular weight is 407 g/mol. The summed E-state index contributed by atoms with van der Waals surface area (Å²) in [6.07, 6.45) is 0. The van der Waals surface area contributed by atoms with Crippen LogP contribution in [0.4, 0.5) is 0 Å². The Morgan fingerprint density at radius 1 is 1.27 bits per heavy atom. The molecular formula is C17H15ClN4O2S2. The number of nitrogens with two attached hydrogens (primary N) is 1. The number of hydrogen-bond acceptors (Lipinski definition) is 6. The summed E-state index contributed by atoms with van der Waals surface area (Å²) >= 11 is 8.32. The van der Waals surface area contributed by atoms with Crippen LogP contribution in [-0.2, 0) is 11.3 Å². The highest BCUT2D eigenvalue weighted by Crippen LogP contribution is 2.27. The molecule has 2 aromatic heterocycles. The Morgan fingerprint density at radius 3 is 2.73 bits per heavy atom. The molecule has 0 fully saturated rings. The molecule has 2 heterocycles. The van der Waals surface area contributed by atoms with E-state index >= 15 is 0 Å². The highest BCUT2D eigenvalue weighted by Gasteiger charge is 2.18. The van der Waals surface area contributed by atoms with E-state index in [-0.39, 0.29) is 18.1 Å². The molecule has 0 saturated heterocycles. The summed E-state index contributed by atoms with van der Waals surface area (Å²) in [5.74, 6) is 0.151. The second-order valence-electron chi connectivity index (χ2n) is 5.54. The fourth-order valence-corrected chi connectivity index (χ4v) is 4.25. The maximum atomic E-state index is 12.3. The van der Waals surface area contributed by atoms with Gasteiger partial charge in [0.25, 0.3) is 0 Å². The van der Waals surface area contributed by atoms with Crippen LogP contribution in [0.15, 0.2) is 41.6 Å². The first-order chi connectivity index (χ1) is 12.4. The van der Waals surface area contributed by atoms with E-state index < -0.39 is 5.91 Å². The molecule has 0 bridgehead atoms. The minimum absolute atomic E-state index is 0.0577. The molecule has 3 rings (SSSR count). The number of aryl methyl sites for hydroxylation is 1. The number of amides is 1. The molecule has 1 aromatic carbocycles. The van der Waals surface area contributed by atoms with Crippen molar-refractivity contribution < 1.29 is 9.59 Å². The van der Waals surface area contributed by atoms with Crippen molar-refractivity contribution in [2.24, 2.45) is 5.73 Å². The molecular weight excluding hydrogens is 392 g/mol. The number of ketones is 1. The van der Waals surface area contributed by atoms with Gasteiger partial charge in [-0.1, -0.05) is 47.1 Å². The number of carbonyl (C=O) groups excluding carboxylic acids is 2. The van der Waals surface area contributed by atoms with Crippen molar-refractivity contribution in [1.82, 2.24) is 14.8 Å². The van der Waals surface area contributed by atoms with Gasteiger partial charge in [0, 0.05) is 5.56 Å². The van der Waals surface area contributed by atoms with Gasteiger partial charge in [0.05, 0.1) is 15.0 Å². The third kappa shape index (κ3) is 4.32. The normalized spacial score (nSPS) is 10.8. The Morgan fingerprint density at radius 2 is 2.08 bits per heavy atom. The maximum absolute atomic E-state index is 12.3. The number of nitrogens with zero attached hydrogens (tertiary/aromatic N) is 3. The Kier molecular flexibility index (Phi) is 5.75. The van der Waals surface area contributed by atoms with Crippen LogP contribution in [0.1, 0.15) is 15.2 Å². The Labute approximate surface area is 163 Å². The second-order valence-corrected chi connectivity index (χ2v) is 8.20. The minimum Gasteiger partial charge on any atom is -0.368 e. The smallest absolute Gasteiger partial charge is 0.237 e. The standard InChI is InChI=1S/C17H15ClN4O2S2/c1-10-3-2-4-11(7-10)16-20-21-17(22(16)8-15(19)24)25-9-12(23)13-5-6-14(18)26-13/h2-7H,8-9H2,1H3,(H2,19,24). The van der Waals surface area contributed by atoms with Gasteiger partial charge in [-0.2, -0.15) is 0 Å². The number of hydrogen-bond donors (Lipinski definition) is 1. The van der Waals surface area contributed by atoms with Crippen LogP contribution in [0.3, 0.4) is 0 Å². The van der Waals surface area contributed by atoms with Gasteiger partial charge in [0.15, 0.2) is 16.8 Å². The number of Topliss-reactive ketones (excluding diaryl/α,β-unsaturated/α-hetero) is 1. The first-order valence-corrected chi connectivity index (χ1v) is 9.82. The lowest BCUT2D eigenvalue weighted by Gasteiger charge is -2.08. The fraction of sp³-hybridized carbons (Fsp3) is 0.176. The topological polar surface area (TPSA) is 90.9 Å². The molecule has 9 heteroatoms. The van der Waals surface area contributed by atoms with Crippen molar-refractivity contribution in [1.29, 1.82) is 0 Å². The number of thioether (sulfide) groups is 1. The van der Waals surface area contributed by atoms with Gasteiger partial charge in [-0.25, -0.2) is 0 Å². The number of primary amides is 1. The summed E-state index contributed by atoms with van der Waals surface area (Å²) in [5.41, 5.74) is 7.27. The first-order valence-electron chi connectivity index (χ1n) is 7.64. The molecule has 0 aliphatic heterocycles. The van der Waals surface area contributed by atoms with E-state index in [1.54, 1.807) is 16.7 Å². The highest BCUT2D eigenvalue weighted by atomic mass is 35.5. The lowest BCUT2D eigenvalue weighted by molar-refractivity contribution is -0.118. The first kappa shape index (κ1) is 18.6. The highest BCUT2D eigenvalue weighted by molar-refractivity contribution is 7.99. The monoisotopic (exact) mass is 406 g/mol. The molecule has 6 nitrogen and oxygen atoms in total. The minimum atomic E-state index is -0.503. The van der Waals surface area contributed by atoms with E-state index in [1.165, 1.54) is 23.1 Å².